The Morgan fingerprint density at radius 2 is 1.22 bits per heavy atom. The van der Waals surface area contributed by atoms with Gasteiger partial charge in [0, 0.05) is 38.8 Å². The standard InChI is InChI=1S/C37H31Cl2NO5S/c38-34-8-3-1-6-31(34)26-15-17-28(18-16-26)33(24-25-11-13-29(14-12-25)36(41)10-5-23-46(43,44)45)37(42)40-30-21-19-27(20-22-30)32-7-2-4-9-35(32)39/h1-4,6-9,11-22,33H,5,10,23-24H2,(H,40,42)(H,43,44,45). The number of anilines is 1. The number of hydrogen-bond acceptors (Lipinski definition) is 4. The predicted octanol–water partition coefficient (Wildman–Crippen LogP) is 9.14. The Balaban J connectivity index is 1.36. The lowest BCUT2D eigenvalue weighted by Crippen LogP contribution is -2.23. The van der Waals surface area contributed by atoms with Gasteiger partial charge in [-0.15, -0.1) is 0 Å². The number of nitrogens with one attached hydrogen (secondary N) is 1. The van der Waals surface area contributed by atoms with Crippen LogP contribution < -0.4 is 5.32 Å². The normalized spacial score (nSPS) is 12.0. The van der Waals surface area contributed by atoms with Gasteiger partial charge in [0.2, 0.25) is 5.91 Å². The highest BCUT2D eigenvalue weighted by atomic mass is 35.5. The number of Topliss-reactive ketones (excluding diaryl/α,β-unsaturated/α-hetero) is 1. The van der Waals surface area contributed by atoms with Gasteiger partial charge in [-0.25, -0.2) is 0 Å². The van der Waals surface area contributed by atoms with Crippen LogP contribution in [0.4, 0.5) is 5.69 Å². The third-order valence-electron chi connectivity index (χ3n) is 7.67. The molecule has 0 fully saturated rings. The zero-order valence-electron chi connectivity index (χ0n) is 24.7. The quantitative estimate of drug-likeness (QED) is 0.102. The molecule has 0 spiro atoms. The molecule has 0 aliphatic heterocycles. The molecule has 1 atom stereocenters. The molecule has 5 aromatic rings. The molecule has 0 saturated heterocycles. The Bertz CT molecular complexity index is 1940. The van der Waals surface area contributed by atoms with Crippen LogP contribution in [0.15, 0.2) is 121 Å². The van der Waals surface area contributed by atoms with Crippen molar-refractivity contribution in [2.75, 3.05) is 11.1 Å². The summed E-state index contributed by atoms with van der Waals surface area (Å²) in [6.45, 7) is 0. The van der Waals surface area contributed by atoms with Gasteiger partial charge in [0.25, 0.3) is 10.1 Å². The smallest absolute Gasteiger partial charge is 0.264 e. The Morgan fingerprint density at radius 3 is 1.74 bits per heavy atom. The highest BCUT2D eigenvalue weighted by Gasteiger charge is 2.22. The van der Waals surface area contributed by atoms with Gasteiger partial charge in [-0.2, -0.15) is 8.42 Å². The number of ketones is 1. The fourth-order valence-electron chi connectivity index (χ4n) is 5.23. The van der Waals surface area contributed by atoms with Crippen LogP contribution in [-0.2, 0) is 21.3 Å². The third kappa shape index (κ3) is 8.71. The van der Waals surface area contributed by atoms with Crippen molar-refractivity contribution in [2.45, 2.75) is 25.2 Å². The number of amides is 1. The van der Waals surface area contributed by atoms with Crippen LogP contribution >= 0.6 is 23.2 Å². The molecule has 5 rings (SSSR count). The van der Waals surface area contributed by atoms with Crippen LogP contribution in [0.25, 0.3) is 22.3 Å². The summed E-state index contributed by atoms with van der Waals surface area (Å²) in [7, 11) is -4.12. The number of carbonyl (C=O) groups is 2. The zero-order chi connectivity index (χ0) is 32.7. The van der Waals surface area contributed by atoms with Crippen molar-refractivity contribution in [3.8, 4) is 22.3 Å². The predicted molar refractivity (Wildman–Crippen MR) is 185 cm³/mol. The van der Waals surface area contributed by atoms with E-state index in [2.05, 4.69) is 5.32 Å². The maximum absolute atomic E-state index is 13.8. The minimum atomic E-state index is -4.12. The summed E-state index contributed by atoms with van der Waals surface area (Å²) in [5.74, 6) is -1.44. The first kappa shape index (κ1) is 33.1. The minimum absolute atomic E-state index is 0.00276. The first-order chi connectivity index (χ1) is 22.1. The van der Waals surface area contributed by atoms with E-state index >= 15 is 0 Å². The van der Waals surface area contributed by atoms with Crippen molar-refractivity contribution >= 4 is 50.7 Å². The van der Waals surface area contributed by atoms with Crippen molar-refractivity contribution in [3.05, 3.63) is 148 Å². The average molecular weight is 673 g/mol. The summed E-state index contributed by atoms with van der Waals surface area (Å²) in [5, 5.41) is 4.34. The van der Waals surface area contributed by atoms with E-state index in [-0.39, 0.29) is 24.5 Å². The topological polar surface area (TPSA) is 101 Å². The first-order valence-corrected chi connectivity index (χ1v) is 17.0. The van der Waals surface area contributed by atoms with Crippen molar-refractivity contribution < 1.29 is 22.6 Å². The average Bonchev–Trinajstić information content (AvgIpc) is 3.04. The fraction of sp³-hybridized carbons (Fsp3) is 0.135. The van der Waals surface area contributed by atoms with E-state index in [4.69, 9.17) is 27.8 Å². The van der Waals surface area contributed by atoms with Crippen LogP contribution in [0, 0.1) is 0 Å². The summed E-state index contributed by atoms with van der Waals surface area (Å²) in [4.78, 5) is 26.4. The largest absolute Gasteiger partial charge is 0.326 e. The Morgan fingerprint density at radius 1 is 0.696 bits per heavy atom. The molecular weight excluding hydrogens is 641 g/mol. The number of halogens is 2. The molecule has 0 aliphatic rings. The van der Waals surface area contributed by atoms with Crippen molar-refractivity contribution in [2.24, 2.45) is 0 Å². The molecule has 1 unspecified atom stereocenters. The van der Waals surface area contributed by atoms with E-state index in [1.54, 1.807) is 24.3 Å². The maximum atomic E-state index is 13.8. The number of benzene rings is 5. The van der Waals surface area contributed by atoms with Gasteiger partial charge >= 0.3 is 0 Å². The molecule has 0 heterocycles. The SMILES string of the molecule is O=C(CCCS(=O)(=O)O)c1ccc(CC(C(=O)Nc2ccc(-c3ccccc3Cl)cc2)c2ccc(-c3ccccc3Cl)cc2)cc1. The van der Waals surface area contributed by atoms with Crippen LogP contribution in [0.2, 0.25) is 10.0 Å². The fourth-order valence-corrected chi connectivity index (χ4v) is 6.23. The second-order valence-corrected chi connectivity index (χ2v) is 13.3. The highest BCUT2D eigenvalue weighted by molar-refractivity contribution is 7.85. The molecule has 0 bridgehead atoms. The second-order valence-electron chi connectivity index (χ2n) is 10.9. The van der Waals surface area contributed by atoms with E-state index < -0.39 is 21.8 Å². The van der Waals surface area contributed by atoms with Gasteiger partial charge in [-0.3, -0.25) is 14.1 Å². The molecule has 6 nitrogen and oxygen atoms in total. The molecule has 46 heavy (non-hydrogen) atoms. The number of hydrogen-bond donors (Lipinski definition) is 2. The molecule has 9 heteroatoms. The van der Waals surface area contributed by atoms with Crippen LogP contribution in [-0.4, -0.2) is 30.4 Å². The summed E-state index contributed by atoms with van der Waals surface area (Å²) in [6.07, 6.45) is 0.397. The first-order valence-electron chi connectivity index (χ1n) is 14.7. The third-order valence-corrected chi connectivity index (χ3v) is 9.14. The van der Waals surface area contributed by atoms with Crippen molar-refractivity contribution in [1.82, 2.24) is 0 Å². The van der Waals surface area contributed by atoms with E-state index in [0.717, 1.165) is 33.4 Å². The summed E-state index contributed by atoms with van der Waals surface area (Å²) in [6, 6.07) is 37.4. The lowest BCUT2D eigenvalue weighted by atomic mass is 9.89. The molecule has 2 N–H and O–H groups in total. The van der Waals surface area contributed by atoms with Gasteiger partial charge in [0.05, 0.1) is 11.7 Å². The lowest BCUT2D eigenvalue weighted by Gasteiger charge is -2.19. The Hall–Kier alpha value is -4.27. The number of rotatable bonds is 12. The van der Waals surface area contributed by atoms with Crippen LogP contribution in [0.3, 0.4) is 0 Å². The molecule has 0 aliphatic carbocycles. The summed E-state index contributed by atoms with van der Waals surface area (Å²) < 4.78 is 30.9. The molecule has 0 saturated carbocycles. The zero-order valence-corrected chi connectivity index (χ0v) is 27.0. The molecular formula is C37H31Cl2NO5S. The van der Waals surface area contributed by atoms with Gasteiger partial charge in [0.1, 0.15) is 0 Å². The summed E-state index contributed by atoms with van der Waals surface area (Å²) in [5.41, 5.74) is 6.40. The number of carbonyl (C=O) groups excluding carboxylic acids is 2. The van der Waals surface area contributed by atoms with Crippen LogP contribution in [0.5, 0.6) is 0 Å². The van der Waals surface area contributed by atoms with Gasteiger partial charge < -0.3 is 5.32 Å². The van der Waals surface area contributed by atoms with Gasteiger partial charge in [-0.05, 0) is 59.4 Å². The van der Waals surface area contributed by atoms with Crippen molar-refractivity contribution in [3.63, 3.8) is 0 Å². The van der Waals surface area contributed by atoms with E-state index in [0.29, 0.717) is 27.7 Å². The molecule has 234 valence electrons. The maximum Gasteiger partial charge on any atom is 0.264 e. The Kier molecular flexibility index (Phi) is 10.7. The van der Waals surface area contributed by atoms with Crippen LogP contribution in [0.1, 0.15) is 40.2 Å². The molecule has 0 aromatic heterocycles. The van der Waals surface area contributed by atoms with E-state index in [9.17, 15) is 18.0 Å². The summed E-state index contributed by atoms with van der Waals surface area (Å²) >= 11 is 12.8. The highest BCUT2D eigenvalue weighted by Crippen LogP contribution is 2.32. The van der Waals surface area contributed by atoms with E-state index in [1.807, 2.05) is 97.1 Å². The van der Waals surface area contributed by atoms with Crippen molar-refractivity contribution in [1.29, 1.82) is 0 Å². The second kappa shape index (κ2) is 14.9. The molecule has 0 radical (unpaired) electrons. The molecule has 5 aromatic carbocycles. The monoisotopic (exact) mass is 671 g/mol. The van der Waals surface area contributed by atoms with Gasteiger partial charge in [0.15, 0.2) is 5.78 Å². The molecule has 1 amide bonds. The minimum Gasteiger partial charge on any atom is -0.326 e. The lowest BCUT2D eigenvalue weighted by molar-refractivity contribution is -0.117. The Labute approximate surface area is 278 Å². The van der Waals surface area contributed by atoms with Gasteiger partial charge in [-0.1, -0.05) is 120 Å². The van der Waals surface area contributed by atoms with E-state index in [1.165, 1.54) is 0 Å².